The zero-order chi connectivity index (χ0) is 22.8. The molecular weight excluding hydrogens is 420 g/mol. The molecule has 1 fully saturated rings. The molecule has 0 radical (unpaired) electrons. The van der Waals surface area contributed by atoms with Crippen LogP contribution in [0.15, 0.2) is 60.9 Å². The van der Waals surface area contributed by atoms with Gasteiger partial charge in [0.2, 0.25) is 11.8 Å². The van der Waals surface area contributed by atoms with E-state index in [0.29, 0.717) is 36.8 Å². The van der Waals surface area contributed by atoms with Gasteiger partial charge in [-0.3, -0.25) is 4.79 Å². The first-order valence-corrected chi connectivity index (χ1v) is 10.7. The van der Waals surface area contributed by atoms with E-state index in [2.05, 4.69) is 27.2 Å². The molecule has 1 aliphatic heterocycles. The van der Waals surface area contributed by atoms with Crippen molar-refractivity contribution in [2.24, 2.45) is 0 Å². The number of methoxy groups -OCH3 is 1. The van der Waals surface area contributed by atoms with Crippen molar-refractivity contribution in [1.29, 1.82) is 0 Å². The summed E-state index contributed by atoms with van der Waals surface area (Å²) in [4.78, 5) is 23.9. The fraction of sp³-hybridized carbons (Fsp3) is 0.250. The van der Waals surface area contributed by atoms with Gasteiger partial charge in [-0.1, -0.05) is 30.3 Å². The van der Waals surface area contributed by atoms with Crippen molar-refractivity contribution >= 4 is 17.5 Å². The molecule has 4 heterocycles. The topological polar surface area (TPSA) is 108 Å². The summed E-state index contributed by atoms with van der Waals surface area (Å²) in [5.74, 6) is 0.367. The summed E-state index contributed by atoms with van der Waals surface area (Å²) in [7, 11) is 1.52. The zero-order valence-corrected chi connectivity index (χ0v) is 18.2. The normalized spacial score (nSPS) is 16.2. The summed E-state index contributed by atoms with van der Waals surface area (Å²) in [5.41, 5.74) is 9.53. The highest BCUT2D eigenvalue weighted by atomic mass is 16.5. The molecule has 3 aromatic heterocycles. The lowest BCUT2D eigenvalue weighted by atomic mass is 10.0. The Bertz CT molecular complexity index is 1290. The minimum Gasteiger partial charge on any atom is -0.480 e. The largest absolute Gasteiger partial charge is 0.480 e. The molecule has 0 aliphatic carbocycles. The maximum atomic E-state index is 13.5. The first-order chi connectivity index (χ1) is 16.1. The fourth-order valence-corrected chi connectivity index (χ4v) is 4.08. The molecule has 1 amide bonds. The molecule has 0 bridgehead atoms. The molecule has 9 nitrogen and oxygen atoms in total. The number of pyridine rings is 2. The Morgan fingerprint density at radius 2 is 2.06 bits per heavy atom. The maximum absolute atomic E-state index is 13.5. The third kappa shape index (κ3) is 4.35. The molecule has 0 saturated carbocycles. The number of nitrogens with two attached hydrogens (primary N) is 1. The highest BCUT2D eigenvalue weighted by Crippen LogP contribution is 2.27. The third-order valence-corrected chi connectivity index (χ3v) is 5.69. The number of nitrogen functional groups attached to an aromatic ring is 1. The average Bonchev–Trinajstić information content (AvgIpc) is 3.23. The van der Waals surface area contributed by atoms with E-state index in [-0.39, 0.29) is 18.0 Å². The van der Waals surface area contributed by atoms with Crippen LogP contribution in [-0.2, 0) is 11.2 Å². The quantitative estimate of drug-likeness (QED) is 0.504. The Morgan fingerprint density at radius 1 is 1.21 bits per heavy atom. The summed E-state index contributed by atoms with van der Waals surface area (Å²) in [6.07, 6.45) is 4.14. The van der Waals surface area contributed by atoms with Gasteiger partial charge < -0.3 is 20.1 Å². The molecule has 1 aromatic carbocycles. The summed E-state index contributed by atoms with van der Waals surface area (Å²) in [6, 6.07) is 15.7. The maximum Gasteiger partial charge on any atom is 0.259 e. The van der Waals surface area contributed by atoms with Crippen molar-refractivity contribution in [2.75, 3.05) is 32.5 Å². The number of amides is 1. The van der Waals surface area contributed by atoms with Gasteiger partial charge >= 0.3 is 0 Å². The number of ether oxygens (including phenoxy) is 2. The summed E-state index contributed by atoms with van der Waals surface area (Å²) in [6.45, 7) is 1.51. The molecule has 0 spiro atoms. The molecule has 1 saturated heterocycles. The third-order valence-electron chi connectivity index (χ3n) is 5.69. The molecule has 1 atom stereocenters. The lowest BCUT2D eigenvalue weighted by Gasteiger charge is -2.33. The zero-order valence-electron chi connectivity index (χ0n) is 18.2. The molecular formula is C24H24N6O3. The number of morpholine rings is 1. The second-order valence-corrected chi connectivity index (χ2v) is 7.90. The SMILES string of the molecule is COc1ncc(-c2ccn3nc(N)nc3c2)cc1C(=O)N1CCOC(Cc2ccccc2)C1. The van der Waals surface area contributed by atoms with Gasteiger partial charge in [0, 0.05) is 37.5 Å². The van der Waals surface area contributed by atoms with Gasteiger partial charge in [0.05, 0.1) is 19.8 Å². The fourth-order valence-electron chi connectivity index (χ4n) is 4.08. The van der Waals surface area contributed by atoms with Crippen LogP contribution in [-0.4, -0.2) is 63.3 Å². The van der Waals surface area contributed by atoms with Gasteiger partial charge in [-0.15, -0.1) is 5.10 Å². The first-order valence-electron chi connectivity index (χ1n) is 10.7. The first kappa shape index (κ1) is 20.9. The number of aromatic nitrogens is 4. The number of carbonyl (C=O) groups is 1. The molecule has 33 heavy (non-hydrogen) atoms. The molecule has 9 heteroatoms. The molecule has 4 aromatic rings. The second-order valence-electron chi connectivity index (χ2n) is 7.90. The van der Waals surface area contributed by atoms with Crippen molar-refractivity contribution in [2.45, 2.75) is 12.5 Å². The van der Waals surface area contributed by atoms with Crippen LogP contribution in [0.5, 0.6) is 5.88 Å². The number of fused-ring (bicyclic) bond motifs is 1. The van der Waals surface area contributed by atoms with Gasteiger partial charge in [0.25, 0.3) is 5.91 Å². The highest BCUT2D eigenvalue weighted by molar-refractivity contribution is 5.97. The van der Waals surface area contributed by atoms with Crippen molar-refractivity contribution in [1.82, 2.24) is 24.5 Å². The number of nitrogens with zero attached hydrogens (tertiary/aromatic N) is 5. The minimum absolute atomic E-state index is 0.0620. The average molecular weight is 444 g/mol. The molecule has 1 unspecified atom stereocenters. The number of benzene rings is 1. The number of hydrogen-bond donors (Lipinski definition) is 1. The molecule has 1 aliphatic rings. The van der Waals surface area contributed by atoms with E-state index in [1.54, 1.807) is 23.0 Å². The summed E-state index contributed by atoms with van der Waals surface area (Å²) < 4.78 is 12.9. The van der Waals surface area contributed by atoms with Gasteiger partial charge in [0.1, 0.15) is 5.56 Å². The molecule has 2 N–H and O–H groups in total. The van der Waals surface area contributed by atoms with Crippen LogP contribution in [0.2, 0.25) is 0 Å². The van der Waals surface area contributed by atoms with E-state index in [1.807, 2.05) is 35.2 Å². The van der Waals surface area contributed by atoms with Crippen LogP contribution in [0.4, 0.5) is 5.95 Å². The predicted octanol–water partition coefficient (Wildman–Crippen LogP) is 2.47. The minimum atomic E-state index is -0.129. The van der Waals surface area contributed by atoms with Crippen LogP contribution in [0.25, 0.3) is 16.8 Å². The number of rotatable bonds is 5. The van der Waals surface area contributed by atoms with Crippen molar-refractivity contribution in [3.8, 4) is 17.0 Å². The lowest BCUT2D eigenvalue weighted by Crippen LogP contribution is -2.46. The van der Waals surface area contributed by atoms with E-state index < -0.39 is 0 Å². The van der Waals surface area contributed by atoms with Crippen molar-refractivity contribution in [3.05, 3.63) is 72.1 Å². The standard InChI is InChI=1S/C24H24N6O3/c1-32-22-20(12-18(14-26-22)17-7-8-30-21(13-17)27-24(25)28-30)23(31)29-9-10-33-19(15-29)11-16-5-3-2-4-6-16/h2-8,12-14,19H,9-11,15H2,1H3,(H2,25,28). The van der Waals surface area contributed by atoms with Crippen LogP contribution >= 0.6 is 0 Å². The highest BCUT2D eigenvalue weighted by Gasteiger charge is 2.28. The Hall–Kier alpha value is -3.98. The van der Waals surface area contributed by atoms with E-state index in [9.17, 15) is 4.79 Å². The monoisotopic (exact) mass is 444 g/mol. The molecule has 5 rings (SSSR count). The smallest absolute Gasteiger partial charge is 0.259 e. The van der Waals surface area contributed by atoms with Gasteiger partial charge in [-0.2, -0.15) is 4.98 Å². The van der Waals surface area contributed by atoms with Crippen molar-refractivity contribution in [3.63, 3.8) is 0 Å². The van der Waals surface area contributed by atoms with Crippen LogP contribution in [0.1, 0.15) is 15.9 Å². The Labute approximate surface area is 190 Å². The number of hydrogen-bond acceptors (Lipinski definition) is 7. The van der Waals surface area contributed by atoms with Gasteiger partial charge in [-0.05, 0) is 29.3 Å². The van der Waals surface area contributed by atoms with Crippen LogP contribution < -0.4 is 10.5 Å². The second kappa shape index (κ2) is 8.87. The van der Waals surface area contributed by atoms with E-state index >= 15 is 0 Å². The number of carbonyl (C=O) groups excluding carboxylic acids is 1. The van der Waals surface area contributed by atoms with Gasteiger partial charge in [0.15, 0.2) is 5.65 Å². The van der Waals surface area contributed by atoms with E-state index in [4.69, 9.17) is 15.2 Å². The van der Waals surface area contributed by atoms with E-state index in [1.165, 1.54) is 12.7 Å². The Balaban J connectivity index is 1.40. The van der Waals surface area contributed by atoms with Crippen molar-refractivity contribution < 1.29 is 14.3 Å². The Morgan fingerprint density at radius 3 is 2.88 bits per heavy atom. The molecule has 168 valence electrons. The Kier molecular flexibility index (Phi) is 5.62. The van der Waals surface area contributed by atoms with Crippen LogP contribution in [0, 0.1) is 0 Å². The summed E-state index contributed by atoms with van der Waals surface area (Å²) in [5, 5.41) is 4.09. The predicted molar refractivity (Wildman–Crippen MR) is 123 cm³/mol. The number of anilines is 1. The summed E-state index contributed by atoms with van der Waals surface area (Å²) >= 11 is 0. The lowest BCUT2D eigenvalue weighted by molar-refractivity contribution is -0.0209. The van der Waals surface area contributed by atoms with E-state index in [0.717, 1.165) is 17.5 Å². The van der Waals surface area contributed by atoms with Crippen LogP contribution in [0.3, 0.4) is 0 Å². The van der Waals surface area contributed by atoms with Gasteiger partial charge in [-0.25, -0.2) is 9.50 Å².